The average Bonchev–Trinajstić information content (AvgIpc) is 2.74. The van der Waals surface area contributed by atoms with Crippen molar-refractivity contribution in [3.8, 4) is 0 Å². The van der Waals surface area contributed by atoms with Gasteiger partial charge >= 0.3 is 0 Å². The van der Waals surface area contributed by atoms with E-state index in [0.717, 1.165) is 0 Å². The summed E-state index contributed by atoms with van der Waals surface area (Å²) in [5.41, 5.74) is 0.440. The van der Waals surface area contributed by atoms with Crippen LogP contribution in [0.4, 0.5) is 0 Å². The van der Waals surface area contributed by atoms with Gasteiger partial charge in [-0.15, -0.1) is 0 Å². The summed E-state index contributed by atoms with van der Waals surface area (Å²) in [5.74, 6) is -0.175. The molecule has 1 aromatic rings. The molecule has 0 spiro atoms. The summed E-state index contributed by atoms with van der Waals surface area (Å²) in [6, 6.07) is 3.31. The van der Waals surface area contributed by atoms with Crippen molar-refractivity contribution in [1.82, 2.24) is 4.90 Å². The van der Waals surface area contributed by atoms with Crippen LogP contribution in [0.5, 0.6) is 0 Å². The van der Waals surface area contributed by atoms with Crippen molar-refractivity contribution >= 4 is 5.91 Å². The molecule has 2 heterocycles. The normalized spacial score (nSPS) is 29.4. The summed E-state index contributed by atoms with van der Waals surface area (Å²) >= 11 is 0. The van der Waals surface area contributed by atoms with Gasteiger partial charge < -0.3 is 25.0 Å². The molecule has 1 aliphatic rings. The first-order valence-corrected chi connectivity index (χ1v) is 6.30. The molecule has 1 amide bonds. The fraction of sp³-hybridized carbons (Fsp3) is 0.538. The highest BCUT2D eigenvalue weighted by Gasteiger charge is 2.47. The molecular formula is C13H19N2O5+. The number of hydrogen-bond acceptors (Lipinski definition) is 5. The SMILES string of the molecule is CN(C)C(=O)c1ccc[n+]([C@@H]2O[C@H](CO)C(O)C2O)c1. The Labute approximate surface area is 116 Å². The molecule has 7 nitrogen and oxygen atoms in total. The van der Waals surface area contributed by atoms with Gasteiger partial charge in [0.2, 0.25) is 0 Å². The van der Waals surface area contributed by atoms with Crippen LogP contribution in [-0.2, 0) is 4.74 Å². The predicted molar refractivity (Wildman–Crippen MR) is 67.7 cm³/mol. The van der Waals surface area contributed by atoms with E-state index in [2.05, 4.69) is 0 Å². The molecule has 0 aliphatic carbocycles. The summed E-state index contributed by atoms with van der Waals surface area (Å²) in [4.78, 5) is 13.3. The van der Waals surface area contributed by atoms with Crippen LogP contribution in [0.15, 0.2) is 24.5 Å². The van der Waals surface area contributed by atoms with E-state index in [1.807, 2.05) is 0 Å². The van der Waals surface area contributed by atoms with Gasteiger partial charge in [-0.05, 0) is 6.07 Å². The van der Waals surface area contributed by atoms with Gasteiger partial charge in [-0.3, -0.25) is 4.79 Å². The molecule has 2 unspecified atom stereocenters. The van der Waals surface area contributed by atoms with Gasteiger partial charge in [0.1, 0.15) is 17.8 Å². The van der Waals surface area contributed by atoms with E-state index < -0.39 is 24.5 Å². The molecule has 3 N–H and O–H groups in total. The molecule has 0 saturated carbocycles. The minimum atomic E-state index is -1.16. The summed E-state index contributed by atoms with van der Waals surface area (Å²) in [7, 11) is 3.29. The lowest BCUT2D eigenvalue weighted by molar-refractivity contribution is -0.765. The van der Waals surface area contributed by atoms with Crippen LogP contribution in [-0.4, -0.2) is 65.1 Å². The largest absolute Gasteiger partial charge is 0.394 e. The predicted octanol–water partition coefficient (Wildman–Crippen LogP) is -1.71. The number of carbonyl (C=O) groups is 1. The maximum atomic E-state index is 11.9. The first kappa shape index (κ1) is 14.9. The van der Waals surface area contributed by atoms with Gasteiger partial charge in [0, 0.05) is 20.2 Å². The van der Waals surface area contributed by atoms with Crippen LogP contribution < -0.4 is 4.57 Å². The molecule has 1 aliphatic heterocycles. The minimum absolute atomic E-state index is 0.175. The number of aliphatic hydroxyl groups excluding tert-OH is 3. The quantitative estimate of drug-likeness (QED) is 0.574. The fourth-order valence-corrected chi connectivity index (χ4v) is 2.16. The number of pyridine rings is 1. The van der Waals surface area contributed by atoms with Gasteiger partial charge in [0.05, 0.1) is 6.61 Å². The van der Waals surface area contributed by atoms with Crippen molar-refractivity contribution in [3.05, 3.63) is 30.1 Å². The van der Waals surface area contributed by atoms with Gasteiger partial charge in [0.15, 0.2) is 18.5 Å². The van der Waals surface area contributed by atoms with Crippen molar-refractivity contribution < 1.29 is 29.4 Å². The van der Waals surface area contributed by atoms with Crippen molar-refractivity contribution in [2.45, 2.75) is 24.5 Å². The first-order chi connectivity index (χ1) is 9.45. The number of hydrogen-bond donors (Lipinski definition) is 3. The molecule has 110 valence electrons. The monoisotopic (exact) mass is 283 g/mol. The fourth-order valence-electron chi connectivity index (χ4n) is 2.16. The lowest BCUT2D eigenvalue weighted by Gasteiger charge is -2.12. The second-order valence-electron chi connectivity index (χ2n) is 4.97. The highest BCUT2D eigenvalue weighted by molar-refractivity contribution is 5.93. The van der Waals surface area contributed by atoms with E-state index in [4.69, 9.17) is 9.84 Å². The highest BCUT2D eigenvalue weighted by atomic mass is 16.6. The zero-order chi connectivity index (χ0) is 14.9. The van der Waals surface area contributed by atoms with Crippen LogP contribution in [0.25, 0.3) is 0 Å². The molecule has 1 fully saturated rings. The van der Waals surface area contributed by atoms with Gasteiger partial charge in [-0.1, -0.05) is 0 Å². The highest BCUT2D eigenvalue weighted by Crippen LogP contribution is 2.25. The topological polar surface area (TPSA) is 94.1 Å². The van der Waals surface area contributed by atoms with E-state index in [-0.39, 0.29) is 12.5 Å². The number of amides is 1. The van der Waals surface area contributed by atoms with Crippen molar-refractivity contribution in [2.24, 2.45) is 0 Å². The van der Waals surface area contributed by atoms with Crippen LogP contribution in [0, 0.1) is 0 Å². The lowest BCUT2D eigenvalue weighted by Crippen LogP contribution is -2.46. The number of rotatable bonds is 3. The molecule has 4 atom stereocenters. The average molecular weight is 283 g/mol. The Morgan fingerprint density at radius 2 is 2.10 bits per heavy atom. The standard InChI is InChI=1S/C13H19N2O5/c1-14(2)12(19)8-4-3-5-15(6-8)13-11(18)10(17)9(7-16)20-13/h3-6,9-11,13,16-18H,7H2,1-2H3/q+1/t9-,10?,11?,13-/m1/s1. The Kier molecular flexibility index (Phi) is 4.34. The maximum Gasteiger partial charge on any atom is 0.292 e. The molecule has 2 rings (SSSR count). The van der Waals surface area contributed by atoms with E-state index in [1.165, 1.54) is 9.47 Å². The van der Waals surface area contributed by atoms with Gasteiger partial charge in [0.25, 0.3) is 12.1 Å². The maximum absolute atomic E-state index is 11.9. The molecule has 0 aromatic carbocycles. The van der Waals surface area contributed by atoms with Gasteiger partial charge in [-0.2, -0.15) is 4.57 Å². The number of nitrogens with zero attached hydrogens (tertiary/aromatic N) is 2. The van der Waals surface area contributed by atoms with Crippen LogP contribution in [0.3, 0.4) is 0 Å². The second-order valence-corrected chi connectivity index (χ2v) is 4.97. The van der Waals surface area contributed by atoms with Crippen molar-refractivity contribution in [1.29, 1.82) is 0 Å². The Bertz CT molecular complexity index is 493. The molecule has 20 heavy (non-hydrogen) atoms. The summed E-state index contributed by atoms with van der Waals surface area (Å²) < 4.78 is 6.92. The van der Waals surface area contributed by atoms with E-state index in [1.54, 1.807) is 38.6 Å². The van der Waals surface area contributed by atoms with Crippen LogP contribution in [0.1, 0.15) is 16.6 Å². The Balaban J connectivity index is 2.26. The number of aliphatic hydroxyl groups is 3. The number of ether oxygens (including phenoxy) is 1. The van der Waals surface area contributed by atoms with Crippen LogP contribution >= 0.6 is 0 Å². The number of carbonyl (C=O) groups excluding carboxylic acids is 1. The molecule has 7 heteroatoms. The zero-order valence-electron chi connectivity index (χ0n) is 11.4. The lowest BCUT2D eigenvalue weighted by atomic mass is 10.1. The van der Waals surface area contributed by atoms with E-state index >= 15 is 0 Å². The third-order valence-corrected chi connectivity index (χ3v) is 3.29. The van der Waals surface area contributed by atoms with E-state index in [9.17, 15) is 15.0 Å². The van der Waals surface area contributed by atoms with E-state index in [0.29, 0.717) is 5.56 Å². The molecule has 0 bridgehead atoms. The second kappa shape index (κ2) is 5.84. The van der Waals surface area contributed by atoms with Gasteiger partial charge in [-0.25, -0.2) is 0 Å². The van der Waals surface area contributed by atoms with Crippen molar-refractivity contribution in [3.63, 3.8) is 0 Å². The minimum Gasteiger partial charge on any atom is -0.394 e. The number of aromatic nitrogens is 1. The van der Waals surface area contributed by atoms with Crippen molar-refractivity contribution in [2.75, 3.05) is 20.7 Å². The Hall–Kier alpha value is -1.54. The third-order valence-electron chi connectivity index (χ3n) is 3.29. The molecular weight excluding hydrogens is 264 g/mol. The Morgan fingerprint density at radius 3 is 2.65 bits per heavy atom. The smallest absolute Gasteiger partial charge is 0.292 e. The Morgan fingerprint density at radius 1 is 1.40 bits per heavy atom. The first-order valence-electron chi connectivity index (χ1n) is 6.30. The molecule has 1 saturated heterocycles. The summed E-state index contributed by atoms with van der Waals surface area (Å²) in [6.45, 7) is -0.383. The zero-order valence-corrected chi connectivity index (χ0v) is 11.4. The molecule has 0 radical (unpaired) electrons. The molecule has 1 aromatic heterocycles. The third kappa shape index (κ3) is 2.66. The summed E-state index contributed by atoms with van der Waals surface area (Å²) in [6.07, 6.45) is -0.824. The summed E-state index contributed by atoms with van der Waals surface area (Å²) in [5, 5.41) is 28.7. The van der Waals surface area contributed by atoms with Crippen LogP contribution in [0.2, 0.25) is 0 Å².